The Morgan fingerprint density at radius 2 is 1.79 bits per heavy atom. The fraction of sp³-hybridized carbons (Fsp3) is 0.273. The van der Waals surface area contributed by atoms with Gasteiger partial charge in [-0.3, -0.25) is 9.59 Å². The van der Waals surface area contributed by atoms with E-state index in [0.717, 1.165) is 25.0 Å². The molecule has 1 saturated heterocycles. The number of benzene rings is 3. The Kier molecular flexibility index (Phi) is 9.27. The van der Waals surface area contributed by atoms with E-state index in [-0.39, 0.29) is 6.42 Å². The number of allylic oxidation sites excluding steroid dienone is 2. The molecule has 2 amide bonds. The van der Waals surface area contributed by atoms with Crippen molar-refractivity contribution in [1.82, 2.24) is 0 Å². The summed E-state index contributed by atoms with van der Waals surface area (Å²) < 4.78 is 51.1. The van der Waals surface area contributed by atoms with E-state index in [1.165, 1.54) is 24.3 Å². The van der Waals surface area contributed by atoms with Gasteiger partial charge in [-0.05, 0) is 71.9 Å². The summed E-state index contributed by atoms with van der Waals surface area (Å²) in [4.78, 5) is 24.6. The SMILES string of the molecule is O=C(C=CC=C(c1ccc(C(F)(F)F)cc1)c1cccc(OCC2CCOCC2)c1)Nc1cccc2c1CC(O)C(=O)N2. The zero-order valence-corrected chi connectivity index (χ0v) is 23.2. The number of fused-ring (bicyclic) bond motifs is 1. The van der Waals surface area contributed by atoms with E-state index < -0.39 is 29.7 Å². The number of hydrogen-bond acceptors (Lipinski definition) is 5. The summed E-state index contributed by atoms with van der Waals surface area (Å²) in [5, 5.41) is 15.3. The van der Waals surface area contributed by atoms with E-state index in [0.29, 0.717) is 65.1 Å². The molecule has 0 saturated carbocycles. The van der Waals surface area contributed by atoms with Gasteiger partial charge in [0.15, 0.2) is 0 Å². The van der Waals surface area contributed by atoms with E-state index in [4.69, 9.17) is 9.47 Å². The van der Waals surface area contributed by atoms with Gasteiger partial charge >= 0.3 is 6.18 Å². The standard InChI is InChI=1S/C33H31F3N2O5/c34-33(35,36)24-12-10-22(11-13-24)26(23-4-1-5-25(18-23)43-20-21-14-16-42-17-15-21)6-2-9-31(40)37-28-7-3-8-29-27(28)19-30(39)32(41)38-29/h1-13,18,21,30,39H,14-17,19-20H2,(H,37,40)(H,38,41). The summed E-state index contributed by atoms with van der Waals surface area (Å²) in [7, 11) is 0. The van der Waals surface area contributed by atoms with E-state index in [2.05, 4.69) is 10.6 Å². The van der Waals surface area contributed by atoms with Crippen molar-refractivity contribution in [1.29, 1.82) is 0 Å². The highest BCUT2D eigenvalue weighted by Gasteiger charge is 2.30. The number of carbonyl (C=O) groups is 2. The Balaban J connectivity index is 1.37. The summed E-state index contributed by atoms with van der Waals surface area (Å²) in [5.41, 5.74) is 2.64. The van der Waals surface area contributed by atoms with Gasteiger partial charge in [0.25, 0.3) is 5.91 Å². The van der Waals surface area contributed by atoms with Crippen LogP contribution in [0.1, 0.15) is 35.1 Å². The van der Waals surface area contributed by atoms with Crippen molar-refractivity contribution in [3.8, 4) is 5.75 Å². The third kappa shape index (κ3) is 7.71. The number of halogens is 3. The molecule has 1 fully saturated rings. The lowest BCUT2D eigenvalue weighted by atomic mass is 9.96. The largest absolute Gasteiger partial charge is 0.493 e. The van der Waals surface area contributed by atoms with Crippen molar-refractivity contribution < 1.29 is 37.3 Å². The third-order valence-corrected chi connectivity index (χ3v) is 7.40. The maximum atomic E-state index is 13.2. The lowest BCUT2D eigenvalue weighted by molar-refractivity contribution is -0.137. The molecule has 2 aliphatic heterocycles. The van der Waals surface area contributed by atoms with E-state index in [9.17, 15) is 27.9 Å². The smallest absolute Gasteiger partial charge is 0.416 e. The summed E-state index contributed by atoms with van der Waals surface area (Å²) in [6.45, 7) is 1.95. The van der Waals surface area contributed by atoms with Gasteiger partial charge in [-0.2, -0.15) is 13.2 Å². The Hall–Kier alpha value is -4.41. The van der Waals surface area contributed by atoms with Crippen molar-refractivity contribution in [2.75, 3.05) is 30.5 Å². The highest BCUT2D eigenvalue weighted by atomic mass is 19.4. The second-order valence-corrected chi connectivity index (χ2v) is 10.4. The summed E-state index contributed by atoms with van der Waals surface area (Å²) in [6.07, 6.45) is 0.696. The normalized spacial score (nSPS) is 17.8. The van der Waals surface area contributed by atoms with Gasteiger partial charge < -0.3 is 25.2 Å². The Bertz CT molecular complexity index is 1530. The highest BCUT2D eigenvalue weighted by molar-refractivity contribution is 6.03. The topological polar surface area (TPSA) is 96.9 Å². The van der Waals surface area contributed by atoms with Crippen LogP contribution in [0, 0.1) is 5.92 Å². The number of amides is 2. The number of anilines is 2. The van der Waals surface area contributed by atoms with Gasteiger partial charge in [0.2, 0.25) is 5.91 Å². The summed E-state index contributed by atoms with van der Waals surface area (Å²) in [6, 6.07) is 17.2. The molecule has 43 heavy (non-hydrogen) atoms. The van der Waals surface area contributed by atoms with Crippen LogP contribution in [-0.4, -0.2) is 42.8 Å². The summed E-state index contributed by atoms with van der Waals surface area (Å²) in [5.74, 6) is 0.0522. The Labute approximate surface area is 247 Å². The number of aliphatic hydroxyl groups is 1. The quantitative estimate of drug-likeness (QED) is 0.221. The first-order valence-electron chi connectivity index (χ1n) is 14.0. The molecule has 5 rings (SSSR count). The maximum absolute atomic E-state index is 13.2. The number of carbonyl (C=O) groups excluding carboxylic acids is 2. The minimum Gasteiger partial charge on any atom is -0.493 e. The molecule has 0 spiro atoms. The molecule has 2 aliphatic rings. The van der Waals surface area contributed by atoms with Gasteiger partial charge in [0.1, 0.15) is 11.9 Å². The molecule has 0 aromatic heterocycles. The van der Waals surface area contributed by atoms with Crippen molar-refractivity contribution in [2.24, 2.45) is 5.92 Å². The van der Waals surface area contributed by atoms with Gasteiger partial charge in [-0.15, -0.1) is 0 Å². The molecular formula is C33H31F3N2O5. The first kappa shape index (κ1) is 30.1. The lowest BCUT2D eigenvalue weighted by Gasteiger charge is -2.23. The molecule has 3 N–H and O–H groups in total. The van der Waals surface area contributed by atoms with E-state index in [1.807, 2.05) is 24.3 Å². The fourth-order valence-corrected chi connectivity index (χ4v) is 5.03. The molecule has 1 unspecified atom stereocenters. The minimum atomic E-state index is -4.46. The van der Waals surface area contributed by atoms with Crippen LogP contribution in [-0.2, 0) is 26.9 Å². The second kappa shape index (κ2) is 13.3. The molecule has 3 aromatic rings. The highest BCUT2D eigenvalue weighted by Crippen LogP contribution is 2.33. The summed E-state index contributed by atoms with van der Waals surface area (Å²) >= 11 is 0. The predicted octanol–water partition coefficient (Wildman–Crippen LogP) is 5.99. The average Bonchev–Trinajstić information content (AvgIpc) is 3.00. The molecular weight excluding hydrogens is 561 g/mol. The van der Waals surface area contributed by atoms with E-state index in [1.54, 1.807) is 24.3 Å². The van der Waals surface area contributed by atoms with Gasteiger partial charge in [-0.25, -0.2) is 0 Å². The first-order valence-corrected chi connectivity index (χ1v) is 14.0. The predicted molar refractivity (Wildman–Crippen MR) is 157 cm³/mol. The van der Waals surface area contributed by atoms with Crippen LogP contribution in [0.5, 0.6) is 5.75 Å². The number of hydrogen-bond donors (Lipinski definition) is 3. The molecule has 0 bridgehead atoms. The molecule has 2 heterocycles. The zero-order chi connectivity index (χ0) is 30.4. The molecule has 10 heteroatoms. The Morgan fingerprint density at radius 3 is 2.53 bits per heavy atom. The van der Waals surface area contributed by atoms with E-state index >= 15 is 0 Å². The van der Waals surface area contributed by atoms with Crippen LogP contribution in [0.2, 0.25) is 0 Å². The lowest BCUT2D eigenvalue weighted by Crippen LogP contribution is -2.34. The van der Waals surface area contributed by atoms with Crippen LogP contribution in [0.3, 0.4) is 0 Å². The van der Waals surface area contributed by atoms with Crippen LogP contribution in [0.15, 0.2) is 85.0 Å². The van der Waals surface area contributed by atoms with Crippen LogP contribution >= 0.6 is 0 Å². The third-order valence-electron chi connectivity index (χ3n) is 7.40. The number of nitrogens with one attached hydrogen (secondary N) is 2. The van der Waals surface area contributed by atoms with Gasteiger partial charge in [-0.1, -0.05) is 42.5 Å². The monoisotopic (exact) mass is 592 g/mol. The number of alkyl halides is 3. The molecule has 0 aliphatic carbocycles. The molecule has 1 atom stereocenters. The minimum absolute atomic E-state index is 0.0617. The number of aliphatic hydroxyl groups excluding tert-OH is 1. The molecule has 3 aromatic carbocycles. The molecule has 224 valence electrons. The van der Waals surface area contributed by atoms with Crippen LogP contribution in [0.25, 0.3) is 5.57 Å². The van der Waals surface area contributed by atoms with Gasteiger partial charge in [0.05, 0.1) is 12.2 Å². The molecule has 7 nitrogen and oxygen atoms in total. The van der Waals surface area contributed by atoms with Crippen molar-refractivity contribution in [3.05, 3.63) is 107 Å². The number of ether oxygens (including phenoxy) is 2. The van der Waals surface area contributed by atoms with Crippen LogP contribution < -0.4 is 15.4 Å². The second-order valence-electron chi connectivity index (χ2n) is 10.4. The number of rotatable bonds is 8. The van der Waals surface area contributed by atoms with Gasteiger partial charge in [0, 0.05) is 42.6 Å². The van der Waals surface area contributed by atoms with Crippen molar-refractivity contribution >= 4 is 28.8 Å². The zero-order valence-electron chi connectivity index (χ0n) is 23.2. The maximum Gasteiger partial charge on any atom is 0.416 e. The van der Waals surface area contributed by atoms with Crippen molar-refractivity contribution in [2.45, 2.75) is 31.5 Å². The van der Waals surface area contributed by atoms with Crippen LogP contribution in [0.4, 0.5) is 24.5 Å². The first-order chi connectivity index (χ1) is 20.7. The molecule has 0 radical (unpaired) electrons. The average molecular weight is 593 g/mol. The Morgan fingerprint density at radius 1 is 1.05 bits per heavy atom. The fourth-order valence-electron chi connectivity index (χ4n) is 5.03. The van der Waals surface area contributed by atoms with Crippen molar-refractivity contribution in [3.63, 3.8) is 0 Å².